The topological polar surface area (TPSA) is 24.5 Å². The second-order valence-electron chi connectivity index (χ2n) is 5.51. The fraction of sp³-hybridized carbons (Fsp3) is 1.00. The van der Waals surface area contributed by atoms with E-state index in [1.54, 1.807) is 0 Å². The summed E-state index contributed by atoms with van der Waals surface area (Å²) in [5.74, 6) is 0. The zero-order valence-electron chi connectivity index (χ0n) is 12.1. The summed E-state index contributed by atoms with van der Waals surface area (Å²) in [6.07, 6.45) is 4.05. The average molecular weight is 242 g/mol. The molecule has 1 rings (SSSR count). The summed E-state index contributed by atoms with van der Waals surface area (Å²) in [7, 11) is 2.06. The Bertz CT molecular complexity index is 204. The molecule has 1 atom stereocenters. The Balaban J connectivity index is 2.58. The summed E-state index contributed by atoms with van der Waals surface area (Å²) in [6, 6.07) is 0. The monoisotopic (exact) mass is 242 g/mol. The van der Waals surface area contributed by atoms with Crippen molar-refractivity contribution in [3.05, 3.63) is 0 Å². The van der Waals surface area contributed by atoms with Crippen LogP contribution in [0.4, 0.5) is 0 Å². The lowest BCUT2D eigenvalue weighted by molar-refractivity contribution is 0.0575. The van der Waals surface area contributed by atoms with Gasteiger partial charge in [-0.3, -0.25) is 0 Å². The Labute approximate surface area is 107 Å². The van der Waals surface area contributed by atoms with Crippen LogP contribution in [0.3, 0.4) is 0 Å². The molecule has 0 saturated carbocycles. The van der Waals surface area contributed by atoms with Crippen molar-refractivity contribution >= 4 is 0 Å². The van der Waals surface area contributed by atoms with Gasteiger partial charge in [0.1, 0.15) is 0 Å². The minimum atomic E-state index is 0.387. The molecule has 0 aliphatic carbocycles. The molecule has 0 aromatic heterocycles. The number of ether oxygens (including phenoxy) is 1. The number of hydrogen-bond donors (Lipinski definition) is 1. The number of nitrogens with one attached hydrogen (secondary N) is 1. The van der Waals surface area contributed by atoms with Crippen molar-refractivity contribution in [1.29, 1.82) is 0 Å². The Morgan fingerprint density at radius 1 is 1.35 bits per heavy atom. The first-order valence-corrected chi connectivity index (χ1v) is 7.14. The van der Waals surface area contributed by atoms with Crippen LogP contribution in [0.1, 0.15) is 40.0 Å². The van der Waals surface area contributed by atoms with Crippen molar-refractivity contribution in [2.45, 2.75) is 46.1 Å². The molecule has 102 valence electrons. The quantitative estimate of drug-likeness (QED) is 0.772. The average Bonchev–Trinajstić information content (AvgIpc) is 2.53. The summed E-state index contributed by atoms with van der Waals surface area (Å²) >= 11 is 0. The van der Waals surface area contributed by atoms with Crippen LogP contribution in [-0.4, -0.2) is 50.8 Å². The van der Waals surface area contributed by atoms with E-state index in [2.05, 4.69) is 38.0 Å². The highest BCUT2D eigenvalue weighted by atomic mass is 16.5. The van der Waals surface area contributed by atoms with E-state index in [0.717, 1.165) is 19.7 Å². The van der Waals surface area contributed by atoms with Crippen LogP contribution in [0.25, 0.3) is 0 Å². The first-order chi connectivity index (χ1) is 8.15. The highest BCUT2D eigenvalue weighted by Crippen LogP contribution is 2.27. The summed E-state index contributed by atoms with van der Waals surface area (Å²) in [5, 5.41) is 3.37. The van der Waals surface area contributed by atoms with E-state index in [0.29, 0.717) is 11.5 Å². The van der Waals surface area contributed by atoms with Gasteiger partial charge in [-0.1, -0.05) is 13.8 Å². The normalized spacial score (nSPS) is 23.6. The van der Waals surface area contributed by atoms with Gasteiger partial charge in [-0.15, -0.1) is 0 Å². The van der Waals surface area contributed by atoms with Crippen LogP contribution in [0.15, 0.2) is 0 Å². The lowest BCUT2D eigenvalue weighted by Crippen LogP contribution is -2.44. The lowest BCUT2D eigenvalue weighted by atomic mass is 9.81. The van der Waals surface area contributed by atoms with Crippen molar-refractivity contribution < 1.29 is 4.74 Å². The zero-order chi connectivity index (χ0) is 12.7. The van der Waals surface area contributed by atoms with E-state index in [4.69, 9.17) is 4.74 Å². The Morgan fingerprint density at radius 2 is 2.06 bits per heavy atom. The lowest BCUT2D eigenvalue weighted by Gasteiger charge is -2.37. The molecule has 1 saturated heterocycles. The highest BCUT2D eigenvalue weighted by Gasteiger charge is 2.29. The molecule has 1 unspecified atom stereocenters. The molecule has 1 heterocycles. The van der Waals surface area contributed by atoms with Gasteiger partial charge in [-0.2, -0.15) is 0 Å². The molecule has 0 aromatic carbocycles. The molecule has 1 N–H and O–H groups in total. The second-order valence-corrected chi connectivity index (χ2v) is 5.51. The Kier molecular flexibility index (Phi) is 6.45. The summed E-state index contributed by atoms with van der Waals surface area (Å²) in [5.41, 5.74) is 0.429. The maximum Gasteiger partial charge on any atom is 0.0673 e. The molecule has 1 aliphatic heterocycles. The van der Waals surface area contributed by atoms with Crippen molar-refractivity contribution in [2.75, 3.05) is 39.8 Å². The van der Waals surface area contributed by atoms with Gasteiger partial charge >= 0.3 is 0 Å². The molecular weight excluding hydrogens is 212 g/mol. The maximum absolute atomic E-state index is 5.72. The third kappa shape index (κ3) is 4.57. The van der Waals surface area contributed by atoms with Crippen molar-refractivity contribution in [2.24, 2.45) is 5.41 Å². The number of hydrogen-bond acceptors (Lipinski definition) is 3. The molecule has 0 spiro atoms. The van der Waals surface area contributed by atoms with Crippen LogP contribution in [0, 0.1) is 5.41 Å². The zero-order valence-corrected chi connectivity index (χ0v) is 12.1. The van der Waals surface area contributed by atoms with Gasteiger partial charge in [-0.05, 0) is 38.6 Å². The van der Waals surface area contributed by atoms with E-state index >= 15 is 0 Å². The molecule has 1 aliphatic rings. The summed E-state index contributed by atoms with van der Waals surface area (Å²) in [4.78, 5) is 2.60. The molecule has 3 nitrogen and oxygen atoms in total. The van der Waals surface area contributed by atoms with Gasteiger partial charge in [0.05, 0.1) is 6.10 Å². The van der Waals surface area contributed by atoms with E-state index in [9.17, 15) is 0 Å². The Morgan fingerprint density at radius 3 is 2.65 bits per heavy atom. The summed E-state index contributed by atoms with van der Waals surface area (Å²) in [6.45, 7) is 12.4. The van der Waals surface area contributed by atoms with Gasteiger partial charge in [0, 0.05) is 32.8 Å². The molecule has 17 heavy (non-hydrogen) atoms. The van der Waals surface area contributed by atoms with Gasteiger partial charge < -0.3 is 15.0 Å². The SMILES string of the molecule is CCC(CC)(CNC)CN1CCCOC(C)C1. The van der Waals surface area contributed by atoms with Crippen LogP contribution < -0.4 is 5.32 Å². The van der Waals surface area contributed by atoms with Gasteiger partial charge in [-0.25, -0.2) is 0 Å². The fourth-order valence-corrected chi connectivity index (χ4v) is 2.85. The largest absolute Gasteiger partial charge is 0.377 e. The molecular formula is C14H30N2O. The van der Waals surface area contributed by atoms with Gasteiger partial charge in [0.25, 0.3) is 0 Å². The number of rotatable bonds is 6. The fourth-order valence-electron chi connectivity index (χ4n) is 2.85. The minimum Gasteiger partial charge on any atom is -0.377 e. The van der Waals surface area contributed by atoms with Gasteiger partial charge in [0.2, 0.25) is 0 Å². The van der Waals surface area contributed by atoms with Crippen LogP contribution >= 0.6 is 0 Å². The van der Waals surface area contributed by atoms with E-state index in [1.807, 2.05) is 0 Å². The van der Waals surface area contributed by atoms with Crippen LogP contribution in [0.2, 0.25) is 0 Å². The van der Waals surface area contributed by atoms with Crippen molar-refractivity contribution in [3.8, 4) is 0 Å². The minimum absolute atomic E-state index is 0.387. The summed E-state index contributed by atoms with van der Waals surface area (Å²) < 4.78 is 5.72. The van der Waals surface area contributed by atoms with Crippen molar-refractivity contribution in [1.82, 2.24) is 10.2 Å². The Hall–Kier alpha value is -0.120. The molecule has 0 bridgehead atoms. The van der Waals surface area contributed by atoms with Crippen LogP contribution in [0.5, 0.6) is 0 Å². The predicted molar refractivity (Wildman–Crippen MR) is 73.4 cm³/mol. The predicted octanol–water partition coefficient (Wildman–Crippen LogP) is 2.12. The van der Waals surface area contributed by atoms with E-state index in [-0.39, 0.29) is 0 Å². The smallest absolute Gasteiger partial charge is 0.0673 e. The molecule has 0 radical (unpaired) electrons. The molecule has 1 fully saturated rings. The standard InChI is InChI=1S/C14H30N2O/c1-5-14(6-2,11-15-4)12-16-8-7-9-17-13(3)10-16/h13,15H,5-12H2,1-4H3. The number of nitrogens with zero attached hydrogens (tertiary/aromatic N) is 1. The first-order valence-electron chi connectivity index (χ1n) is 7.14. The third-order valence-corrected chi connectivity index (χ3v) is 4.15. The first kappa shape index (κ1) is 14.9. The maximum atomic E-state index is 5.72. The van der Waals surface area contributed by atoms with E-state index in [1.165, 1.54) is 32.4 Å². The second kappa shape index (κ2) is 7.34. The highest BCUT2D eigenvalue weighted by molar-refractivity contribution is 4.83. The van der Waals surface area contributed by atoms with Crippen LogP contribution in [-0.2, 0) is 4.74 Å². The van der Waals surface area contributed by atoms with E-state index < -0.39 is 0 Å². The third-order valence-electron chi connectivity index (χ3n) is 4.15. The van der Waals surface area contributed by atoms with Gasteiger partial charge in [0.15, 0.2) is 0 Å². The molecule has 0 aromatic rings. The molecule has 3 heteroatoms. The van der Waals surface area contributed by atoms with Crippen molar-refractivity contribution in [3.63, 3.8) is 0 Å². The molecule has 0 amide bonds.